The zero-order chi connectivity index (χ0) is 65.0. The molecule has 4 aliphatic heterocycles. The number of hydrogen-bond donors (Lipinski definition) is 0. The first-order chi connectivity index (χ1) is 49.7. The highest BCUT2D eigenvalue weighted by atomic mass is 16.3. The molecule has 0 saturated heterocycles. The van der Waals surface area contributed by atoms with E-state index in [0.717, 1.165) is 156 Å². The lowest BCUT2D eigenvalue weighted by molar-refractivity contribution is 0.672. The van der Waals surface area contributed by atoms with Crippen molar-refractivity contribution in [2.75, 3.05) is 19.6 Å². The van der Waals surface area contributed by atoms with Gasteiger partial charge in [0, 0.05) is 134 Å². The molecule has 8 heterocycles. The molecule has 4 aliphatic rings. The molecule has 100 heavy (non-hydrogen) atoms. The average molecular weight is 1270 g/mol. The predicted octanol–water partition coefficient (Wildman–Crippen LogP) is 21.5. The van der Waals surface area contributed by atoms with Crippen LogP contribution < -0.4 is 41.5 Å². The molecule has 0 spiro atoms. The zero-order valence-electron chi connectivity index (χ0n) is 53.8. The maximum atomic E-state index is 7.19. The summed E-state index contributed by atoms with van der Waals surface area (Å²) in [6, 6.07) is 121. The first-order valence-corrected chi connectivity index (χ1v) is 34.5. The Morgan fingerprint density at radius 2 is 0.600 bits per heavy atom. The minimum Gasteiger partial charge on any atom is -0.455 e. The van der Waals surface area contributed by atoms with Crippen LogP contribution in [0.2, 0.25) is 0 Å². The molecule has 0 unspecified atom stereocenters. The number of nitrogens with zero attached hydrogens (tertiary/aromatic N) is 6. The molecule has 0 radical (unpaired) electrons. The third-order valence-corrected chi connectivity index (χ3v) is 21.9. The van der Waals surface area contributed by atoms with E-state index in [-0.39, 0.29) is 13.7 Å². The summed E-state index contributed by atoms with van der Waals surface area (Å²) in [5, 5.41) is 8.96. The summed E-state index contributed by atoms with van der Waals surface area (Å²) in [6.07, 6.45) is 0. The second kappa shape index (κ2) is 20.2. The van der Waals surface area contributed by atoms with Crippen molar-refractivity contribution >= 4 is 191 Å². The molecule has 0 amide bonds. The third kappa shape index (κ3) is 7.25. The van der Waals surface area contributed by atoms with Gasteiger partial charge in [0.1, 0.15) is 22.3 Å². The van der Waals surface area contributed by atoms with E-state index in [9.17, 15) is 0 Å². The topological polar surface area (TPSA) is 49.1 Å². The van der Waals surface area contributed by atoms with Gasteiger partial charge >= 0.3 is 13.7 Å². The second-order valence-corrected chi connectivity index (χ2v) is 27.0. The zero-order valence-corrected chi connectivity index (χ0v) is 53.8. The van der Waals surface area contributed by atoms with Crippen LogP contribution in [-0.4, -0.2) is 22.7 Å². The van der Waals surface area contributed by atoms with Crippen molar-refractivity contribution in [3.63, 3.8) is 0 Å². The van der Waals surface area contributed by atoms with E-state index in [4.69, 9.17) is 8.83 Å². The van der Waals surface area contributed by atoms with Crippen LogP contribution >= 0.6 is 0 Å². The van der Waals surface area contributed by atoms with Crippen molar-refractivity contribution in [2.45, 2.75) is 0 Å². The smallest absolute Gasteiger partial charge is 0.333 e. The number of furan rings is 2. The summed E-state index contributed by atoms with van der Waals surface area (Å²) >= 11 is 0. The van der Waals surface area contributed by atoms with Crippen molar-refractivity contribution in [1.82, 2.24) is 8.96 Å². The molecule has 0 bridgehead atoms. The number of aromatic nitrogens is 2. The van der Waals surface area contributed by atoms with E-state index in [1.807, 2.05) is 0 Å². The Hall–Kier alpha value is -13.2. The molecule has 0 aliphatic carbocycles. The van der Waals surface area contributed by atoms with Gasteiger partial charge in [-0.2, -0.15) is 0 Å². The summed E-state index contributed by atoms with van der Waals surface area (Å²) in [6.45, 7) is -0.659. The lowest BCUT2D eigenvalue weighted by atomic mass is 9.41. The molecule has 10 heteroatoms. The second-order valence-electron chi connectivity index (χ2n) is 27.0. The summed E-state index contributed by atoms with van der Waals surface area (Å²) < 4.78 is 19.8. The van der Waals surface area contributed by atoms with Gasteiger partial charge < -0.3 is 37.4 Å². The third-order valence-electron chi connectivity index (χ3n) is 21.9. The van der Waals surface area contributed by atoms with E-state index >= 15 is 0 Å². The molecular weight excluding hydrogens is 1220 g/mol. The fraction of sp³-hybridized carbons (Fsp3) is 0. The molecular formula is C90H54B2N6O2. The highest BCUT2D eigenvalue weighted by Gasteiger charge is 2.49. The van der Waals surface area contributed by atoms with E-state index in [2.05, 4.69) is 356 Å². The van der Waals surface area contributed by atoms with E-state index in [1.54, 1.807) is 0 Å². The molecule has 0 atom stereocenters. The van der Waals surface area contributed by atoms with Gasteiger partial charge in [-0.15, -0.1) is 0 Å². The Balaban J connectivity index is 0.898. The average Bonchev–Trinajstić information content (AvgIpc) is 1.32. The summed E-state index contributed by atoms with van der Waals surface area (Å²) in [7, 11) is 0. The van der Waals surface area contributed by atoms with Crippen molar-refractivity contribution in [1.29, 1.82) is 0 Å². The van der Waals surface area contributed by atoms with E-state index < -0.39 is 0 Å². The van der Waals surface area contributed by atoms with Gasteiger partial charge in [0.25, 0.3) is 0 Å². The maximum Gasteiger partial charge on any atom is 0.333 e. The Morgan fingerprint density at radius 1 is 0.260 bits per heavy atom. The number of anilines is 12. The van der Waals surface area contributed by atoms with Gasteiger partial charge in [-0.05, 0) is 173 Å². The highest BCUT2D eigenvalue weighted by molar-refractivity contribution is 6.93. The van der Waals surface area contributed by atoms with Gasteiger partial charge in [-0.1, -0.05) is 188 Å². The number of benzene rings is 15. The van der Waals surface area contributed by atoms with E-state index in [0.29, 0.717) is 0 Å². The van der Waals surface area contributed by atoms with Crippen molar-refractivity contribution in [3.8, 4) is 22.3 Å². The number of para-hydroxylation sites is 10. The minimum atomic E-state index is -0.330. The number of hydrogen-bond acceptors (Lipinski definition) is 6. The van der Waals surface area contributed by atoms with Gasteiger partial charge in [-0.25, -0.2) is 0 Å². The Kier molecular flexibility index (Phi) is 10.9. The molecule has 8 nitrogen and oxygen atoms in total. The van der Waals surface area contributed by atoms with Gasteiger partial charge in [0.05, 0.1) is 10.8 Å². The van der Waals surface area contributed by atoms with Crippen molar-refractivity contribution in [2.24, 2.45) is 0 Å². The molecule has 19 aromatic rings. The molecule has 0 fully saturated rings. The highest BCUT2D eigenvalue weighted by Crippen LogP contribution is 2.55. The lowest BCUT2D eigenvalue weighted by Crippen LogP contribution is -2.61. The molecule has 0 N–H and O–H groups in total. The predicted molar refractivity (Wildman–Crippen MR) is 417 cm³/mol. The van der Waals surface area contributed by atoms with Crippen LogP contribution in [0.5, 0.6) is 0 Å². The quantitative estimate of drug-likeness (QED) is 0.141. The van der Waals surface area contributed by atoms with Crippen LogP contribution in [0.3, 0.4) is 0 Å². The van der Waals surface area contributed by atoms with Gasteiger partial charge in [0.2, 0.25) is 0 Å². The minimum absolute atomic E-state index is 0.330. The normalized spacial score (nSPS) is 13.1. The van der Waals surface area contributed by atoms with Crippen LogP contribution in [0.25, 0.3) is 110 Å². The monoisotopic (exact) mass is 1270 g/mol. The lowest BCUT2D eigenvalue weighted by Gasteiger charge is -2.45. The van der Waals surface area contributed by atoms with Crippen LogP contribution in [0.4, 0.5) is 68.2 Å². The van der Waals surface area contributed by atoms with Crippen molar-refractivity contribution in [3.05, 3.63) is 328 Å². The SMILES string of the molecule is c1ccc(N(c2ccccc2)c2cc3c4c(c2)N(c2ccccc2)c2cc5c(cc2B4n2c4ccccc4c4c6oc7ccccc7c6cc-3c42)B2c3c(cc(N(c4ccccc4)c4ccccc4)cc3N5c3ccccc3)-c3cc4c5ccccc5oc4c4c5ccccc5n2c34)cc1. The largest absolute Gasteiger partial charge is 0.455 e. The number of rotatable bonds is 8. The molecule has 23 rings (SSSR count). The van der Waals surface area contributed by atoms with Crippen molar-refractivity contribution < 1.29 is 8.83 Å². The van der Waals surface area contributed by atoms with Crippen LogP contribution in [-0.2, 0) is 0 Å². The number of fused-ring (bicyclic) bond motifs is 22. The standard InChI is InChI=1S/C90H54B2N6O2/c1-7-27-55(28-8-1)93(56-29-9-2-10-30-56)61-47-67-69-51-71-63-39-21-25-45-81(63)99-89(71)83-65-41-19-23-43-75(65)97(87(69)83)91-73-53-74-78(54-77(73)95(79(49-61)85(67)91)59-35-15-5-16-36-59)96(60-37-17-6-18-38-60)80-50-62(94(57-31-11-3-12-32-57)58-33-13-4-14-34-58)48-68-70-52-72-64-40-22-26-46-82(64)100-90(72)84-66-42-20-24-44-76(66)98(88(70)84)92(74)86(68)80/h1-54H. The van der Waals surface area contributed by atoms with Crippen LogP contribution in [0.1, 0.15) is 0 Å². The fourth-order valence-electron chi connectivity index (χ4n) is 18.0. The molecule has 4 aromatic heterocycles. The van der Waals surface area contributed by atoms with Crippen LogP contribution in [0, 0.1) is 0 Å². The first-order valence-electron chi connectivity index (χ1n) is 34.5. The summed E-state index contributed by atoms with van der Waals surface area (Å²) in [4.78, 5) is 10.0. The van der Waals surface area contributed by atoms with E-state index in [1.165, 1.54) is 44.1 Å². The van der Waals surface area contributed by atoms with Gasteiger partial charge in [0.15, 0.2) is 0 Å². The molecule has 0 saturated carbocycles. The Morgan fingerprint density at radius 3 is 0.990 bits per heavy atom. The fourth-order valence-corrected chi connectivity index (χ4v) is 18.0. The van der Waals surface area contributed by atoms with Crippen LogP contribution in [0.15, 0.2) is 336 Å². The first kappa shape index (κ1) is 54.0. The molecule has 15 aromatic carbocycles. The Bertz CT molecular complexity index is 6210. The maximum absolute atomic E-state index is 7.19. The molecule has 462 valence electrons. The Labute approximate surface area is 575 Å². The summed E-state index contributed by atoms with van der Waals surface area (Å²) in [5.41, 5.74) is 30.6. The summed E-state index contributed by atoms with van der Waals surface area (Å²) in [5.74, 6) is 0. The van der Waals surface area contributed by atoms with Gasteiger partial charge in [-0.3, -0.25) is 0 Å².